The second-order valence-electron chi connectivity index (χ2n) is 6.25. The topological polar surface area (TPSA) is 67.6 Å². The molecule has 1 aliphatic rings. The lowest BCUT2D eigenvalue weighted by molar-refractivity contribution is -0.126. The fourth-order valence-corrected chi connectivity index (χ4v) is 3.08. The Kier molecular flexibility index (Phi) is 7.36. The third-order valence-electron chi connectivity index (χ3n) is 4.39. The minimum Gasteiger partial charge on any atom is -0.493 e. The van der Waals surface area contributed by atoms with E-state index in [-0.39, 0.29) is 11.8 Å². The van der Waals surface area contributed by atoms with E-state index in [0.717, 1.165) is 51.3 Å². The number of hydrogen-bond donors (Lipinski definition) is 2. The first-order valence-electron chi connectivity index (χ1n) is 8.68. The number of amides is 1. The number of hydrazine groups is 1. The molecule has 1 unspecified atom stereocenters. The summed E-state index contributed by atoms with van der Waals surface area (Å²) in [5, 5.41) is 0. The average Bonchev–Trinajstić information content (AvgIpc) is 2.59. The van der Waals surface area contributed by atoms with Gasteiger partial charge in [0.15, 0.2) is 0 Å². The Morgan fingerprint density at radius 3 is 3.00 bits per heavy atom. The van der Waals surface area contributed by atoms with Crippen molar-refractivity contribution in [2.45, 2.75) is 45.6 Å². The van der Waals surface area contributed by atoms with Crippen molar-refractivity contribution in [2.75, 3.05) is 19.7 Å². The van der Waals surface area contributed by atoms with Crippen molar-refractivity contribution in [1.29, 1.82) is 0 Å². The van der Waals surface area contributed by atoms with E-state index < -0.39 is 0 Å². The molecule has 1 fully saturated rings. The van der Waals surface area contributed by atoms with Crippen LogP contribution in [0.3, 0.4) is 0 Å². The zero-order valence-corrected chi connectivity index (χ0v) is 14.1. The van der Waals surface area contributed by atoms with Gasteiger partial charge in [-0.3, -0.25) is 15.1 Å². The van der Waals surface area contributed by atoms with Crippen molar-refractivity contribution in [1.82, 2.24) is 10.3 Å². The third-order valence-corrected chi connectivity index (χ3v) is 4.39. The molecule has 0 bridgehead atoms. The van der Waals surface area contributed by atoms with Gasteiger partial charge in [-0.15, -0.1) is 0 Å². The summed E-state index contributed by atoms with van der Waals surface area (Å²) in [6.07, 6.45) is 5.42. The predicted octanol–water partition coefficient (Wildman–Crippen LogP) is 2.46. The van der Waals surface area contributed by atoms with Crippen LogP contribution in [0.5, 0.6) is 5.75 Å². The third kappa shape index (κ3) is 5.52. The maximum absolute atomic E-state index is 11.7. The SMILES string of the molecule is CCCCCOc1ccccc1CN1CCCC(C(=O)NN)C1. The van der Waals surface area contributed by atoms with Crippen molar-refractivity contribution in [3.63, 3.8) is 0 Å². The van der Waals surface area contributed by atoms with Crippen LogP contribution in [0.15, 0.2) is 24.3 Å². The lowest BCUT2D eigenvalue weighted by Gasteiger charge is -2.32. The molecule has 5 heteroatoms. The summed E-state index contributed by atoms with van der Waals surface area (Å²) in [6.45, 7) is 5.55. The summed E-state index contributed by atoms with van der Waals surface area (Å²) in [5.74, 6) is 6.17. The lowest BCUT2D eigenvalue weighted by Crippen LogP contribution is -2.44. The van der Waals surface area contributed by atoms with Gasteiger partial charge in [0.05, 0.1) is 12.5 Å². The Balaban J connectivity index is 1.92. The Hall–Kier alpha value is -1.59. The second kappa shape index (κ2) is 9.53. The smallest absolute Gasteiger partial charge is 0.238 e. The molecule has 1 saturated heterocycles. The number of nitrogens with zero attached hydrogens (tertiary/aromatic N) is 1. The van der Waals surface area contributed by atoms with Crippen molar-refractivity contribution in [3.8, 4) is 5.75 Å². The molecule has 0 saturated carbocycles. The van der Waals surface area contributed by atoms with E-state index in [1.165, 1.54) is 18.4 Å². The number of nitrogens with two attached hydrogens (primary N) is 1. The lowest BCUT2D eigenvalue weighted by atomic mass is 9.97. The number of nitrogens with one attached hydrogen (secondary N) is 1. The molecule has 1 heterocycles. The molecule has 128 valence electrons. The maximum atomic E-state index is 11.7. The molecule has 0 radical (unpaired) electrons. The van der Waals surface area contributed by atoms with E-state index in [2.05, 4.69) is 23.3 Å². The van der Waals surface area contributed by atoms with Crippen LogP contribution in [-0.2, 0) is 11.3 Å². The van der Waals surface area contributed by atoms with Crippen LogP contribution in [0.1, 0.15) is 44.6 Å². The Bertz CT molecular complexity index is 493. The molecule has 0 aliphatic carbocycles. The number of carbonyl (C=O) groups excluding carboxylic acids is 1. The van der Waals surface area contributed by atoms with Gasteiger partial charge >= 0.3 is 0 Å². The molecule has 0 aromatic heterocycles. The van der Waals surface area contributed by atoms with Crippen molar-refractivity contribution in [2.24, 2.45) is 11.8 Å². The number of hydrogen-bond acceptors (Lipinski definition) is 4. The molecule has 3 N–H and O–H groups in total. The number of carbonyl (C=O) groups is 1. The van der Waals surface area contributed by atoms with E-state index in [4.69, 9.17) is 10.6 Å². The quantitative estimate of drug-likeness (QED) is 0.334. The van der Waals surface area contributed by atoms with Gasteiger partial charge in [-0.1, -0.05) is 38.0 Å². The van der Waals surface area contributed by atoms with Gasteiger partial charge in [-0.2, -0.15) is 0 Å². The van der Waals surface area contributed by atoms with E-state index in [0.29, 0.717) is 0 Å². The number of benzene rings is 1. The number of piperidine rings is 1. The van der Waals surface area contributed by atoms with E-state index in [9.17, 15) is 4.79 Å². The average molecular weight is 319 g/mol. The highest BCUT2D eigenvalue weighted by atomic mass is 16.5. The molecule has 23 heavy (non-hydrogen) atoms. The van der Waals surface area contributed by atoms with Gasteiger partial charge in [0.2, 0.25) is 5.91 Å². The number of unbranched alkanes of at least 4 members (excludes halogenated alkanes) is 2. The van der Waals surface area contributed by atoms with Crippen LogP contribution >= 0.6 is 0 Å². The van der Waals surface area contributed by atoms with Crippen LogP contribution in [0, 0.1) is 5.92 Å². The zero-order chi connectivity index (χ0) is 16.5. The highest BCUT2D eigenvalue weighted by Gasteiger charge is 2.25. The summed E-state index contributed by atoms with van der Waals surface area (Å²) in [4.78, 5) is 14.1. The van der Waals surface area contributed by atoms with Crippen LogP contribution < -0.4 is 16.0 Å². The molecule has 1 aromatic rings. The maximum Gasteiger partial charge on any atom is 0.238 e. The zero-order valence-electron chi connectivity index (χ0n) is 14.1. The summed E-state index contributed by atoms with van der Waals surface area (Å²) >= 11 is 0. The molecule has 5 nitrogen and oxygen atoms in total. The normalized spacial score (nSPS) is 18.6. The highest BCUT2D eigenvalue weighted by Crippen LogP contribution is 2.24. The van der Waals surface area contributed by atoms with Gasteiger partial charge < -0.3 is 4.74 Å². The van der Waals surface area contributed by atoms with Crippen LogP contribution in [0.25, 0.3) is 0 Å². The van der Waals surface area contributed by atoms with Crippen LogP contribution in [0.4, 0.5) is 0 Å². The van der Waals surface area contributed by atoms with E-state index >= 15 is 0 Å². The van der Waals surface area contributed by atoms with E-state index in [1.54, 1.807) is 0 Å². The molecular weight excluding hydrogens is 290 g/mol. The van der Waals surface area contributed by atoms with Gasteiger partial charge in [-0.05, 0) is 31.9 Å². The largest absolute Gasteiger partial charge is 0.493 e. The van der Waals surface area contributed by atoms with E-state index in [1.807, 2.05) is 18.2 Å². The molecule has 0 spiro atoms. The van der Waals surface area contributed by atoms with Crippen molar-refractivity contribution in [3.05, 3.63) is 29.8 Å². The number of rotatable bonds is 8. The van der Waals surface area contributed by atoms with Gasteiger partial charge in [0.1, 0.15) is 5.75 Å². The fraction of sp³-hybridized carbons (Fsp3) is 0.611. The van der Waals surface area contributed by atoms with Crippen LogP contribution in [-0.4, -0.2) is 30.5 Å². The summed E-state index contributed by atoms with van der Waals surface area (Å²) in [7, 11) is 0. The molecule has 1 aromatic carbocycles. The Labute approximate surface area is 139 Å². The fourth-order valence-electron chi connectivity index (χ4n) is 3.08. The highest BCUT2D eigenvalue weighted by molar-refractivity contribution is 5.78. The van der Waals surface area contributed by atoms with Gasteiger partial charge in [0.25, 0.3) is 0 Å². The summed E-state index contributed by atoms with van der Waals surface area (Å²) in [6, 6.07) is 8.21. The Morgan fingerprint density at radius 1 is 1.39 bits per heavy atom. The molecular formula is C18H29N3O2. The monoisotopic (exact) mass is 319 g/mol. The van der Waals surface area contributed by atoms with Crippen molar-refractivity contribution < 1.29 is 9.53 Å². The summed E-state index contributed by atoms with van der Waals surface area (Å²) < 4.78 is 5.95. The van der Waals surface area contributed by atoms with Crippen LogP contribution in [0.2, 0.25) is 0 Å². The Morgan fingerprint density at radius 2 is 2.22 bits per heavy atom. The first-order chi connectivity index (χ1) is 11.2. The first kappa shape index (κ1) is 17.8. The van der Waals surface area contributed by atoms with Gasteiger partial charge in [0, 0.05) is 18.7 Å². The molecule has 2 rings (SSSR count). The van der Waals surface area contributed by atoms with Crippen molar-refractivity contribution >= 4 is 5.91 Å². The molecule has 1 atom stereocenters. The number of ether oxygens (including phenoxy) is 1. The minimum atomic E-state index is -0.0567. The minimum absolute atomic E-state index is 0.00798. The summed E-state index contributed by atoms with van der Waals surface area (Å²) in [5.41, 5.74) is 3.47. The molecule has 1 aliphatic heterocycles. The number of likely N-dealkylation sites (tertiary alicyclic amines) is 1. The van der Waals surface area contributed by atoms with Gasteiger partial charge in [-0.25, -0.2) is 5.84 Å². The number of para-hydroxylation sites is 1. The standard InChI is InChI=1S/C18H29N3O2/c1-2-3-6-12-23-17-10-5-4-8-15(17)13-21-11-7-9-16(14-21)18(22)20-19/h4-5,8,10,16H,2-3,6-7,9,11-14,19H2,1H3,(H,20,22). The first-order valence-corrected chi connectivity index (χ1v) is 8.68. The molecule has 1 amide bonds. The second-order valence-corrected chi connectivity index (χ2v) is 6.25. The predicted molar refractivity (Wildman–Crippen MR) is 91.8 cm³/mol.